The van der Waals surface area contributed by atoms with Crippen LogP contribution in [0.2, 0.25) is 5.02 Å². The predicted molar refractivity (Wildman–Crippen MR) is 207 cm³/mol. The smallest absolute Gasteiger partial charge is 0.359 e. The third kappa shape index (κ3) is 9.58. The van der Waals surface area contributed by atoms with Crippen LogP contribution in [0.1, 0.15) is 52.4 Å². The van der Waals surface area contributed by atoms with Gasteiger partial charge in [0.15, 0.2) is 24.0 Å². The summed E-state index contributed by atoms with van der Waals surface area (Å²) in [6, 6.07) is 7.32. The summed E-state index contributed by atoms with van der Waals surface area (Å²) in [5, 5.41) is 19.0. The van der Waals surface area contributed by atoms with E-state index in [9.17, 15) is 24.3 Å². The Morgan fingerprint density at radius 3 is 2.16 bits per heavy atom. The minimum Gasteiger partial charge on any atom is -0.477 e. The van der Waals surface area contributed by atoms with Crippen LogP contribution >= 0.6 is 11.6 Å². The fraction of sp³-hybridized carbons (Fsp3) is 0.421. The number of H-pyrrole nitrogens is 1. The number of nitrogens with two attached hydrogens (primary N) is 2. The van der Waals surface area contributed by atoms with Gasteiger partial charge in [0.25, 0.3) is 11.8 Å². The largest absolute Gasteiger partial charge is 0.477 e. The number of halogens is 3. The van der Waals surface area contributed by atoms with E-state index in [4.69, 9.17) is 23.1 Å². The van der Waals surface area contributed by atoms with Crippen LogP contribution in [0.5, 0.6) is 0 Å². The summed E-state index contributed by atoms with van der Waals surface area (Å²) in [4.78, 5) is 58.9. The zero-order valence-electron chi connectivity index (χ0n) is 31.5. The molecule has 0 unspecified atom stereocenters. The third-order valence-electron chi connectivity index (χ3n) is 10.2. The molecule has 0 atom stereocenters. The maximum atomic E-state index is 15.3. The number of carbonyl (C=O) groups is 4. The molecule has 0 saturated carbocycles. The Bertz CT molecular complexity index is 2060. The number of hydrogen-bond donors (Lipinski definition) is 5. The SMILES string of the molecule is Cc1n[nH]cc1-c1ccc(-c2cnc(C(=O)Nc3ccc(C(=O)N4CCN(C(=O)CCC[N+](CCCN)(CCCN)CC(=O)O)CC4)c(Cl)c3)n2C)c(F)c1F. The van der Waals surface area contributed by atoms with Gasteiger partial charge in [0, 0.05) is 87.5 Å². The van der Waals surface area contributed by atoms with E-state index in [2.05, 4.69) is 20.5 Å². The lowest BCUT2D eigenvalue weighted by atomic mass is 10.0. The number of carbonyl (C=O) groups excluding carboxylic acids is 3. The molecule has 1 fully saturated rings. The Labute approximate surface area is 328 Å². The lowest BCUT2D eigenvalue weighted by Gasteiger charge is -2.38. The van der Waals surface area contributed by atoms with Crippen molar-refractivity contribution in [3.63, 3.8) is 0 Å². The molecule has 0 aliphatic carbocycles. The maximum absolute atomic E-state index is 15.3. The van der Waals surface area contributed by atoms with Crippen molar-refractivity contribution in [3.05, 3.63) is 76.5 Å². The second-order valence-corrected chi connectivity index (χ2v) is 14.4. The molecule has 0 radical (unpaired) electrons. The highest BCUT2D eigenvalue weighted by Crippen LogP contribution is 2.33. The number of aromatic nitrogens is 4. The first-order valence-electron chi connectivity index (χ1n) is 18.4. The second-order valence-electron chi connectivity index (χ2n) is 14.0. The van der Waals surface area contributed by atoms with Crippen LogP contribution in [0.4, 0.5) is 14.5 Å². The van der Waals surface area contributed by atoms with E-state index in [1.54, 1.807) is 16.7 Å². The van der Waals surface area contributed by atoms with Gasteiger partial charge in [0.2, 0.25) is 5.91 Å². The molecule has 2 aromatic heterocycles. The van der Waals surface area contributed by atoms with E-state index in [1.165, 1.54) is 54.3 Å². The lowest BCUT2D eigenvalue weighted by Crippen LogP contribution is -2.54. The lowest BCUT2D eigenvalue weighted by molar-refractivity contribution is -0.921. The van der Waals surface area contributed by atoms with Crippen molar-refractivity contribution < 1.29 is 37.5 Å². The average molecular weight is 798 g/mol. The molecule has 0 spiro atoms. The first-order valence-corrected chi connectivity index (χ1v) is 18.8. The number of anilines is 1. The van der Waals surface area contributed by atoms with Crippen LogP contribution in [0.3, 0.4) is 0 Å². The number of piperazine rings is 1. The number of hydrogen-bond acceptors (Lipinski definition) is 8. The van der Waals surface area contributed by atoms with Gasteiger partial charge in [0.05, 0.1) is 47.8 Å². The number of carboxylic acids is 1. The average Bonchev–Trinajstić information content (AvgIpc) is 3.78. The van der Waals surface area contributed by atoms with Gasteiger partial charge in [0.1, 0.15) is 0 Å². The molecule has 5 rings (SSSR count). The number of carboxylic acid groups (broad SMARTS) is 1. The predicted octanol–water partition coefficient (Wildman–Crippen LogP) is 3.63. The number of aromatic amines is 1. The molecule has 7 N–H and O–H groups in total. The Morgan fingerprint density at radius 2 is 1.55 bits per heavy atom. The number of rotatable bonds is 17. The molecule has 3 amide bonds. The van der Waals surface area contributed by atoms with Gasteiger partial charge in [-0.25, -0.2) is 18.6 Å². The van der Waals surface area contributed by atoms with Crippen LogP contribution in [-0.2, 0) is 16.6 Å². The second kappa shape index (κ2) is 18.6. The maximum Gasteiger partial charge on any atom is 0.359 e. The van der Waals surface area contributed by atoms with E-state index in [-0.39, 0.29) is 63.7 Å². The molecular weight excluding hydrogens is 750 g/mol. The molecule has 300 valence electrons. The van der Waals surface area contributed by atoms with Crippen molar-refractivity contribution >= 4 is 41.0 Å². The van der Waals surface area contributed by atoms with Crippen molar-refractivity contribution in [2.75, 3.05) is 70.8 Å². The molecule has 0 bridgehead atoms. The highest BCUT2D eigenvalue weighted by molar-refractivity contribution is 6.34. The summed E-state index contributed by atoms with van der Waals surface area (Å²) in [5.74, 6) is -4.15. The highest BCUT2D eigenvalue weighted by atomic mass is 35.5. The quantitative estimate of drug-likeness (QED) is 0.0989. The molecule has 4 aromatic rings. The van der Waals surface area contributed by atoms with Gasteiger partial charge in [-0.2, -0.15) is 5.10 Å². The van der Waals surface area contributed by atoms with Crippen molar-refractivity contribution in [3.8, 4) is 22.4 Å². The van der Waals surface area contributed by atoms with Gasteiger partial charge in [-0.15, -0.1) is 0 Å². The summed E-state index contributed by atoms with van der Waals surface area (Å²) in [5.41, 5.74) is 13.0. The van der Waals surface area contributed by atoms with Crippen LogP contribution in [-0.4, -0.2) is 128 Å². The summed E-state index contributed by atoms with van der Waals surface area (Å²) in [6.45, 7) is 5.52. The van der Waals surface area contributed by atoms with E-state index in [0.29, 0.717) is 93.9 Å². The normalized spacial score (nSPS) is 13.3. The summed E-state index contributed by atoms with van der Waals surface area (Å²) >= 11 is 6.53. The molecule has 15 nitrogen and oxygen atoms in total. The number of imidazole rings is 1. The molecule has 56 heavy (non-hydrogen) atoms. The van der Waals surface area contributed by atoms with Crippen LogP contribution < -0.4 is 16.8 Å². The molecule has 1 aliphatic heterocycles. The Morgan fingerprint density at radius 1 is 0.929 bits per heavy atom. The zero-order valence-corrected chi connectivity index (χ0v) is 32.2. The Balaban J connectivity index is 1.16. The molecule has 1 saturated heterocycles. The highest BCUT2D eigenvalue weighted by Gasteiger charge is 2.31. The molecule has 2 aromatic carbocycles. The molecule has 3 heterocycles. The van der Waals surface area contributed by atoms with Gasteiger partial charge in [-0.1, -0.05) is 17.7 Å². The summed E-state index contributed by atoms with van der Waals surface area (Å²) in [7, 11) is 1.51. The van der Waals surface area contributed by atoms with Gasteiger partial charge in [-0.3, -0.25) is 19.5 Å². The number of aliphatic carboxylic acids is 1. The zero-order chi connectivity index (χ0) is 40.6. The number of nitrogens with zero attached hydrogens (tertiary/aromatic N) is 6. The number of quaternary nitrogens is 1. The summed E-state index contributed by atoms with van der Waals surface area (Å²) in [6.07, 6.45) is 4.88. The number of aryl methyl sites for hydroxylation is 1. The van der Waals surface area contributed by atoms with E-state index >= 15 is 8.78 Å². The van der Waals surface area contributed by atoms with Crippen LogP contribution in [0.25, 0.3) is 22.4 Å². The van der Waals surface area contributed by atoms with Crippen molar-refractivity contribution in [2.45, 2.75) is 32.6 Å². The Kier molecular flexibility index (Phi) is 13.9. The first kappa shape index (κ1) is 41.9. The van der Waals surface area contributed by atoms with Crippen LogP contribution in [0.15, 0.2) is 42.7 Å². The van der Waals surface area contributed by atoms with Gasteiger partial charge >= 0.3 is 5.97 Å². The molecule has 1 aliphatic rings. The van der Waals surface area contributed by atoms with E-state index in [1.807, 2.05) is 0 Å². The third-order valence-corrected chi connectivity index (χ3v) is 10.5. The monoisotopic (exact) mass is 797 g/mol. The fourth-order valence-corrected chi connectivity index (χ4v) is 7.44. The number of amides is 3. The first-order chi connectivity index (χ1) is 26.8. The van der Waals surface area contributed by atoms with E-state index in [0.717, 1.165) is 0 Å². The minimum absolute atomic E-state index is 0.0481. The van der Waals surface area contributed by atoms with Crippen molar-refractivity contribution in [1.82, 2.24) is 29.5 Å². The van der Waals surface area contributed by atoms with Crippen molar-refractivity contribution in [1.29, 1.82) is 0 Å². The molecule has 18 heteroatoms. The van der Waals surface area contributed by atoms with Crippen LogP contribution in [0, 0.1) is 18.6 Å². The van der Waals surface area contributed by atoms with E-state index < -0.39 is 23.5 Å². The van der Waals surface area contributed by atoms with Gasteiger partial charge in [-0.05, 0) is 44.3 Å². The van der Waals surface area contributed by atoms with Crippen molar-refractivity contribution in [2.24, 2.45) is 18.5 Å². The van der Waals surface area contributed by atoms with Gasteiger partial charge < -0.3 is 40.7 Å². The summed E-state index contributed by atoms with van der Waals surface area (Å²) < 4.78 is 32.1. The topological polar surface area (TPSA) is 206 Å². The molecular formula is C38H48ClF2N10O5+. The number of benzene rings is 2. The standard InChI is InChI=1S/C38H47ClF2N10O5/c1-24-29(21-45-47-24)26-9-10-28(35(41)34(26)40)31-22-44-36(48(31)2)37(55)46-25-7-8-27(30(39)20-25)38(56)50-15-13-49(14-16-50)32(52)6-3-17-51(18-4-11-42,19-5-12-43)23-33(53)54/h7-10,20-22H,3-6,11-19,23,42-43H2,1-2H3,(H2-,45,46,47,53,54,55,56)/p+1. The number of nitrogens with one attached hydrogen (secondary N) is 2. The fourth-order valence-electron chi connectivity index (χ4n) is 7.18. The minimum atomic E-state index is -1.10. The Hall–Kier alpha value is -5.23.